The van der Waals surface area contributed by atoms with Gasteiger partial charge < -0.3 is 4.74 Å². The van der Waals surface area contributed by atoms with Gasteiger partial charge >= 0.3 is 0 Å². The molecule has 0 unspecified atom stereocenters. The highest BCUT2D eigenvalue weighted by Gasteiger charge is 2.30. The lowest BCUT2D eigenvalue weighted by Crippen LogP contribution is -2.39. The van der Waals surface area contributed by atoms with E-state index >= 15 is 0 Å². The molecule has 0 aromatic carbocycles. The zero-order valence-corrected chi connectivity index (χ0v) is 11.1. The minimum Gasteiger partial charge on any atom is -0.379 e. The van der Waals surface area contributed by atoms with E-state index in [1.807, 2.05) is 0 Å². The molecular weight excluding hydrogens is 210 g/mol. The van der Waals surface area contributed by atoms with Gasteiger partial charge in [-0.2, -0.15) is 0 Å². The molecule has 0 radical (unpaired) electrons. The minimum atomic E-state index is 0.582. The summed E-state index contributed by atoms with van der Waals surface area (Å²) >= 11 is 0. The van der Waals surface area contributed by atoms with Crippen LogP contribution in [-0.2, 0) is 4.74 Å². The summed E-state index contributed by atoms with van der Waals surface area (Å²) in [5.41, 5.74) is 0.582. The van der Waals surface area contributed by atoms with Crippen molar-refractivity contribution in [3.8, 4) is 0 Å². The average Bonchev–Trinajstić information content (AvgIpc) is 2.39. The van der Waals surface area contributed by atoms with Crippen LogP contribution in [0.4, 0.5) is 0 Å². The second kappa shape index (κ2) is 6.55. The summed E-state index contributed by atoms with van der Waals surface area (Å²) in [6, 6.07) is 0. The summed E-state index contributed by atoms with van der Waals surface area (Å²) in [4.78, 5) is 2.57. The van der Waals surface area contributed by atoms with E-state index in [0.717, 1.165) is 26.3 Å². The van der Waals surface area contributed by atoms with Crippen LogP contribution >= 0.6 is 0 Å². The quantitative estimate of drug-likeness (QED) is 0.681. The molecule has 1 aliphatic carbocycles. The third kappa shape index (κ3) is 3.82. The molecule has 1 aliphatic heterocycles. The van der Waals surface area contributed by atoms with Crippen LogP contribution in [0.25, 0.3) is 0 Å². The fraction of sp³-hybridized carbons (Fsp3) is 0.867. The molecular formula is C15H27NO. The van der Waals surface area contributed by atoms with E-state index in [2.05, 4.69) is 17.6 Å². The van der Waals surface area contributed by atoms with E-state index in [1.54, 1.807) is 0 Å². The van der Waals surface area contributed by atoms with Crippen LogP contribution in [0.2, 0.25) is 0 Å². The first kappa shape index (κ1) is 13.1. The normalized spacial score (nSPS) is 25.6. The molecule has 2 rings (SSSR count). The summed E-state index contributed by atoms with van der Waals surface area (Å²) in [5.74, 6) is 0. The van der Waals surface area contributed by atoms with Gasteiger partial charge in [0.1, 0.15) is 0 Å². The fourth-order valence-electron chi connectivity index (χ4n) is 3.38. The Morgan fingerprint density at radius 1 is 1.12 bits per heavy atom. The molecule has 1 saturated carbocycles. The van der Waals surface area contributed by atoms with E-state index in [0.29, 0.717) is 5.41 Å². The van der Waals surface area contributed by atoms with Gasteiger partial charge in [0.05, 0.1) is 13.2 Å². The summed E-state index contributed by atoms with van der Waals surface area (Å²) < 4.78 is 5.41. The minimum absolute atomic E-state index is 0.582. The molecule has 1 heterocycles. The predicted molar refractivity (Wildman–Crippen MR) is 72.2 cm³/mol. The van der Waals surface area contributed by atoms with Crippen LogP contribution in [0.3, 0.4) is 0 Å². The first-order valence-electron chi connectivity index (χ1n) is 7.26. The maximum absolute atomic E-state index is 5.41. The second-order valence-corrected chi connectivity index (χ2v) is 5.76. The van der Waals surface area contributed by atoms with Crippen molar-refractivity contribution < 1.29 is 4.74 Å². The molecule has 0 amide bonds. The monoisotopic (exact) mass is 237 g/mol. The number of morpholine rings is 1. The van der Waals surface area contributed by atoms with Crippen LogP contribution in [0.15, 0.2) is 12.7 Å². The van der Waals surface area contributed by atoms with Gasteiger partial charge in [-0.05, 0) is 37.6 Å². The molecule has 2 nitrogen and oxygen atoms in total. The van der Waals surface area contributed by atoms with Gasteiger partial charge in [0.2, 0.25) is 0 Å². The lowest BCUT2D eigenvalue weighted by Gasteiger charge is -2.39. The maximum Gasteiger partial charge on any atom is 0.0594 e. The second-order valence-electron chi connectivity index (χ2n) is 5.76. The Balaban J connectivity index is 1.81. The lowest BCUT2D eigenvalue weighted by molar-refractivity contribution is 0.0278. The highest BCUT2D eigenvalue weighted by Crippen LogP contribution is 2.42. The van der Waals surface area contributed by atoms with Crippen molar-refractivity contribution in [1.29, 1.82) is 0 Å². The molecule has 0 N–H and O–H groups in total. The largest absolute Gasteiger partial charge is 0.379 e. The van der Waals surface area contributed by atoms with Crippen LogP contribution in [0.1, 0.15) is 44.9 Å². The molecule has 0 aromatic heterocycles. The molecule has 0 aromatic rings. The number of nitrogens with zero attached hydrogens (tertiary/aromatic N) is 1. The molecule has 2 fully saturated rings. The van der Waals surface area contributed by atoms with E-state index in [-0.39, 0.29) is 0 Å². The van der Waals surface area contributed by atoms with Crippen LogP contribution in [0, 0.1) is 5.41 Å². The molecule has 1 saturated heterocycles. The number of rotatable bonds is 5. The van der Waals surface area contributed by atoms with Gasteiger partial charge in [0.15, 0.2) is 0 Å². The Morgan fingerprint density at radius 3 is 2.47 bits per heavy atom. The molecule has 98 valence electrons. The van der Waals surface area contributed by atoms with Crippen LogP contribution in [0.5, 0.6) is 0 Å². The topological polar surface area (TPSA) is 12.5 Å². The summed E-state index contributed by atoms with van der Waals surface area (Å²) in [7, 11) is 0. The van der Waals surface area contributed by atoms with Crippen LogP contribution in [-0.4, -0.2) is 37.7 Å². The lowest BCUT2D eigenvalue weighted by atomic mass is 9.69. The Labute approximate surface area is 106 Å². The first-order chi connectivity index (χ1) is 8.35. The predicted octanol–water partition coefficient (Wildman–Crippen LogP) is 3.24. The standard InChI is InChI=1S/C15H27NO/c1-2-6-15(7-4-3-5-8-15)9-10-16-11-13-17-14-12-16/h2H,1,3-14H2. The van der Waals surface area contributed by atoms with Crippen molar-refractivity contribution in [1.82, 2.24) is 4.90 Å². The zero-order chi connectivity index (χ0) is 12.0. The average molecular weight is 237 g/mol. The van der Waals surface area contributed by atoms with Crippen LogP contribution < -0.4 is 0 Å². The molecule has 2 aliphatic rings. The Hall–Kier alpha value is -0.340. The molecule has 0 bridgehead atoms. The third-order valence-corrected chi connectivity index (χ3v) is 4.55. The Bertz CT molecular complexity index is 227. The molecule has 0 atom stereocenters. The van der Waals surface area contributed by atoms with Crippen molar-refractivity contribution in [2.75, 3.05) is 32.8 Å². The highest BCUT2D eigenvalue weighted by molar-refractivity contribution is 4.89. The zero-order valence-electron chi connectivity index (χ0n) is 11.1. The first-order valence-corrected chi connectivity index (χ1v) is 7.26. The van der Waals surface area contributed by atoms with Gasteiger partial charge in [-0.25, -0.2) is 0 Å². The number of allylic oxidation sites excluding steroid dienone is 1. The summed E-state index contributed by atoms with van der Waals surface area (Å²) in [5, 5.41) is 0. The van der Waals surface area contributed by atoms with E-state index in [9.17, 15) is 0 Å². The van der Waals surface area contributed by atoms with Crippen molar-refractivity contribution in [3.05, 3.63) is 12.7 Å². The Morgan fingerprint density at radius 2 is 1.82 bits per heavy atom. The van der Waals surface area contributed by atoms with Crippen molar-refractivity contribution in [3.63, 3.8) is 0 Å². The van der Waals surface area contributed by atoms with Crippen molar-refractivity contribution >= 4 is 0 Å². The maximum atomic E-state index is 5.41. The number of hydrogen-bond donors (Lipinski definition) is 0. The summed E-state index contributed by atoms with van der Waals surface area (Å²) in [6.45, 7) is 9.33. The third-order valence-electron chi connectivity index (χ3n) is 4.55. The fourth-order valence-corrected chi connectivity index (χ4v) is 3.38. The van der Waals surface area contributed by atoms with Gasteiger partial charge in [0, 0.05) is 13.1 Å². The molecule has 2 heteroatoms. The smallest absolute Gasteiger partial charge is 0.0594 e. The van der Waals surface area contributed by atoms with Gasteiger partial charge in [-0.15, -0.1) is 6.58 Å². The number of ether oxygens (including phenoxy) is 1. The van der Waals surface area contributed by atoms with E-state index in [1.165, 1.54) is 51.5 Å². The summed E-state index contributed by atoms with van der Waals surface area (Å²) in [6.07, 6.45) is 11.9. The van der Waals surface area contributed by atoms with Gasteiger partial charge in [-0.1, -0.05) is 25.3 Å². The van der Waals surface area contributed by atoms with Crippen molar-refractivity contribution in [2.24, 2.45) is 5.41 Å². The van der Waals surface area contributed by atoms with Gasteiger partial charge in [-0.3, -0.25) is 4.90 Å². The van der Waals surface area contributed by atoms with E-state index < -0.39 is 0 Å². The van der Waals surface area contributed by atoms with Crippen molar-refractivity contribution in [2.45, 2.75) is 44.9 Å². The molecule has 17 heavy (non-hydrogen) atoms. The highest BCUT2D eigenvalue weighted by atomic mass is 16.5. The van der Waals surface area contributed by atoms with E-state index in [4.69, 9.17) is 4.74 Å². The Kier molecular flexibility index (Phi) is 5.05. The molecule has 0 spiro atoms. The number of hydrogen-bond acceptors (Lipinski definition) is 2. The van der Waals surface area contributed by atoms with Gasteiger partial charge in [0.25, 0.3) is 0 Å². The SMILES string of the molecule is C=CCC1(CCN2CCOCC2)CCCCC1.